The van der Waals surface area contributed by atoms with Gasteiger partial charge < -0.3 is 5.11 Å². The maximum Gasteiger partial charge on any atom is 0.311 e. The molecule has 0 aliphatic heterocycles. The zero-order valence-corrected chi connectivity index (χ0v) is 10.6. The summed E-state index contributed by atoms with van der Waals surface area (Å²) in [5.74, 6) is -0.969. The number of phenolic OH excluding ortho intramolecular Hbond substituents is 1. The normalized spacial score (nSPS) is 10.5. The van der Waals surface area contributed by atoms with Crippen LogP contribution in [-0.2, 0) is 0 Å². The number of aromatic nitrogens is 1. The molecular weight excluding hydrogens is 276 g/mol. The highest BCUT2D eigenvalue weighted by Gasteiger charge is 2.15. The van der Waals surface area contributed by atoms with Crippen molar-refractivity contribution in [2.45, 2.75) is 0 Å². The van der Waals surface area contributed by atoms with E-state index in [1.165, 1.54) is 42.7 Å². The molecule has 0 unspecified atom stereocenters. The molecule has 2 N–H and O–H groups in total. The van der Waals surface area contributed by atoms with E-state index in [1.54, 1.807) is 0 Å². The van der Waals surface area contributed by atoms with E-state index in [2.05, 4.69) is 15.5 Å². The fraction of sp³-hybridized carbons (Fsp3) is 0. The van der Waals surface area contributed by atoms with Crippen LogP contribution in [0.15, 0.2) is 47.8 Å². The van der Waals surface area contributed by atoms with Crippen molar-refractivity contribution < 1.29 is 14.8 Å². The number of benzene rings is 1. The Labute approximate surface area is 118 Å². The van der Waals surface area contributed by atoms with Crippen LogP contribution in [0, 0.1) is 10.1 Å². The quantitative estimate of drug-likeness (QED) is 0.501. The molecule has 0 spiro atoms. The third kappa shape index (κ3) is 3.38. The Kier molecular flexibility index (Phi) is 4.20. The third-order valence-electron chi connectivity index (χ3n) is 2.55. The first kappa shape index (κ1) is 14.1. The Morgan fingerprint density at radius 2 is 2.05 bits per heavy atom. The minimum Gasteiger partial charge on any atom is -0.502 e. The highest BCUT2D eigenvalue weighted by Crippen LogP contribution is 2.27. The van der Waals surface area contributed by atoms with Crippen molar-refractivity contribution in [3.63, 3.8) is 0 Å². The summed E-state index contributed by atoms with van der Waals surface area (Å²) in [5.41, 5.74) is 2.30. The van der Waals surface area contributed by atoms with E-state index in [4.69, 9.17) is 0 Å². The lowest BCUT2D eigenvalue weighted by molar-refractivity contribution is -0.385. The van der Waals surface area contributed by atoms with Gasteiger partial charge in [-0.25, -0.2) is 5.43 Å². The molecule has 1 amide bonds. The third-order valence-corrected chi connectivity index (χ3v) is 2.55. The minimum atomic E-state index is -0.706. The van der Waals surface area contributed by atoms with Crippen LogP contribution in [0.4, 0.5) is 5.69 Å². The van der Waals surface area contributed by atoms with Crippen LogP contribution in [0.5, 0.6) is 5.75 Å². The topological polar surface area (TPSA) is 118 Å². The number of rotatable bonds is 4. The summed E-state index contributed by atoms with van der Waals surface area (Å²) in [6.45, 7) is 0. The number of nitro benzene ring substituents is 1. The zero-order valence-electron chi connectivity index (χ0n) is 10.6. The van der Waals surface area contributed by atoms with Gasteiger partial charge in [-0.15, -0.1) is 0 Å². The van der Waals surface area contributed by atoms with E-state index >= 15 is 0 Å². The van der Waals surface area contributed by atoms with Gasteiger partial charge in [0.2, 0.25) is 5.75 Å². The fourth-order valence-electron chi connectivity index (χ4n) is 1.53. The summed E-state index contributed by atoms with van der Waals surface area (Å²) in [6.07, 6.45) is 4.05. The summed E-state index contributed by atoms with van der Waals surface area (Å²) < 4.78 is 0. The Balaban J connectivity index is 2.10. The molecule has 21 heavy (non-hydrogen) atoms. The number of phenols is 1. The van der Waals surface area contributed by atoms with Crippen LogP contribution in [0.1, 0.15) is 15.9 Å². The summed E-state index contributed by atoms with van der Waals surface area (Å²) in [4.78, 5) is 25.4. The number of carbonyl (C=O) groups is 1. The Morgan fingerprint density at radius 3 is 2.71 bits per heavy atom. The minimum absolute atomic E-state index is 0.124. The van der Waals surface area contributed by atoms with E-state index in [0.29, 0.717) is 5.56 Å². The first-order chi connectivity index (χ1) is 10.1. The highest BCUT2D eigenvalue weighted by atomic mass is 16.6. The molecule has 0 aliphatic rings. The molecule has 2 aromatic rings. The summed E-state index contributed by atoms with van der Waals surface area (Å²) in [6, 6.07) is 7.03. The van der Waals surface area contributed by atoms with Gasteiger partial charge in [0.05, 0.1) is 11.1 Å². The number of nitrogens with zero attached hydrogens (tertiary/aromatic N) is 3. The number of para-hydroxylation sites is 1. The standard InChI is InChI=1S/C13H10N4O4/c18-12-10(2-1-3-11(12)17(20)21)8-15-16-13(19)9-4-6-14-7-5-9/h1-8,18H,(H,16,19). The Hall–Kier alpha value is -3.29. The number of carbonyl (C=O) groups excluding carboxylic acids is 1. The molecule has 0 radical (unpaired) electrons. The SMILES string of the molecule is O=C(NN=Cc1cccc([N+](=O)[O-])c1O)c1ccncc1. The van der Waals surface area contributed by atoms with Gasteiger partial charge in [-0.1, -0.05) is 6.07 Å². The molecule has 2 rings (SSSR count). The van der Waals surface area contributed by atoms with Crippen molar-refractivity contribution in [1.82, 2.24) is 10.4 Å². The molecule has 0 atom stereocenters. The Bertz CT molecular complexity index is 701. The molecule has 0 saturated carbocycles. The molecule has 106 valence electrons. The number of hydrazone groups is 1. The van der Waals surface area contributed by atoms with Gasteiger partial charge in [0.1, 0.15) is 0 Å². The molecule has 1 aromatic heterocycles. The van der Waals surface area contributed by atoms with Crippen molar-refractivity contribution >= 4 is 17.8 Å². The monoisotopic (exact) mass is 286 g/mol. The van der Waals surface area contributed by atoms with Crippen LogP contribution < -0.4 is 5.43 Å². The molecule has 0 fully saturated rings. The molecule has 1 heterocycles. The van der Waals surface area contributed by atoms with Gasteiger partial charge >= 0.3 is 5.69 Å². The van der Waals surface area contributed by atoms with Crippen LogP contribution in [0.3, 0.4) is 0 Å². The number of aromatic hydroxyl groups is 1. The zero-order chi connectivity index (χ0) is 15.2. The predicted octanol–water partition coefficient (Wildman–Crippen LogP) is 1.46. The largest absolute Gasteiger partial charge is 0.502 e. The lowest BCUT2D eigenvalue weighted by Gasteiger charge is -2.00. The molecule has 0 aliphatic carbocycles. The maximum absolute atomic E-state index is 11.7. The van der Waals surface area contributed by atoms with Gasteiger partial charge in [-0.3, -0.25) is 19.9 Å². The van der Waals surface area contributed by atoms with Crippen molar-refractivity contribution in [1.29, 1.82) is 0 Å². The summed E-state index contributed by atoms with van der Waals surface area (Å²) >= 11 is 0. The average molecular weight is 286 g/mol. The fourth-order valence-corrected chi connectivity index (χ4v) is 1.53. The van der Waals surface area contributed by atoms with Crippen molar-refractivity contribution in [2.24, 2.45) is 5.10 Å². The van der Waals surface area contributed by atoms with Gasteiger partial charge in [-0.2, -0.15) is 5.10 Å². The Morgan fingerprint density at radius 1 is 1.33 bits per heavy atom. The molecule has 8 nitrogen and oxygen atoms in total. The maximum atomic E-state index is 11.7. The first-order valence-electron chi connectivity index (χ1n) is 5.79. The lowest BCUT2D eigenvalue weighted by atomic mass is 10.2. The smallest absolute Gasteiger partial charge is 0.311 e. The van der Waals surface area contributed by atoms with Gasteiger partial charge in [-0.05, 0) is 18.2 Å². The molecular formula is C13H10N4O4. The van der Waals surface area contributed by atoms with Crippen LogP contribution >= 0.6 is 0 Å². The number of pyridine rings is 1. The number of nitro groups is 1. The summed E-state index contributed by atoms with van der Waals surface area (Å²) in [5, 5.41) is 24.0. The molecule has 8 heteroatoms. The lowest BCUT2D eigenvalue weighted by Crippen LogP contribution is -2.17. The predicted molar refractivity (Wildman–Crippen MR) is 74.1 cm³/mol. The van der Waals surface area contributed by atoms with Gasteiger partial charge in [0.25, 0.3) is 5.91 Å². The van der Waals surface area contributed by atoms with Crippen LogP contribution in [0.25, 0.3) is 0 Å². The van der Waals surface area contributed by atoms with Crippen molar-refractivity contribution in [3.8, 4) is 5.75 Å². The summed E-state index contributed by atoms with van der Waals surface area (Å²) in [7, 11) is 0. The van der Waals surface area contributed by atoms with E-state index in [-0.39, 0.29) is 5.56 Å². The molecule has 0 bridgehead atoms. The van der Waals surface area contributed by atoms with Crippen LogP contribution in [-0.4, -0.2) is 27.1 Å². The van der Waals surface area contributed by atoms with E-state index < -0.39 is 22.3 Å². The van der Waals surface area contributed by atoms with Gasteiger partial charge in [0, 0.05) is 29.6 Å². The number of amides is 1. The van der Waals surface area contributed by atoms with Crippen LogP contribution in [0.2, 0.25) is 0 Å². The molecule has 0 saturated heterocycles. The van der Waals surface area contributed by atoms with E-state index in [1.807, 2.05) is 0 Å². The average Bonchev–Trinajstić information content (AvgIpc) is 2.49. The second-order valence-electron chi connectivity index (χ2n) is 3.91. The number of hydrogen-bond donors (Lipinski definition) is 2. The van der Waals surface area contributed by atoms with E-state index in [0.717, 1.165) is 6.21 Å². The second-order valence-corrected chi connectivity index (χ2v) is 3.91. The molecule has 1 aromatic carbocycles. The number of nitrogens with one attached hydrogen (secondary N) is 1. The van der Waals surface area contributed by atoms with Crippen molar-refractivity contribution in [2.75, 3.05) is 0 Å². The second kappa shape index (κ2) is 6.24. The highest BCUT2D eigenvalue weighted by molar-refractivity contribution is 5.95. The van der Waals surface area contributed by atoms with Crippen molar-refractivity contribution in [3.05, 3.63) is 64.0 Å². The van der Waals surface area contributed by atoms with Gasteiger partial charge in [0.15, 0.2) is 0 Å². The van der Waals surface area contributed by atoms with E-state index in [9.17, 15) is 20.0 Å². The first-order valence-corrected chi connectivity index (χ1v) is 5.79. The number of hydrogen-bond acceptors (Lipinski definition) is 6.